The number of benzene rings is 3. The van der Waals surface area contributed by atoms with Crippen LogP contribution >= 0.6 is 11.3 Å². The minimum absolute atomic E-state index is 0.120. The van der Waals surface area contributed by atoms with Crippen LogP contribution in [-0.4, -0.2) is 75.3 Å². The predicted octanol–water partition coefficient (Wildman–Crippen LogP) is 4.88. The molecule has 0 aliphatic rings. The number of carbonyl (C=O) groups excluding carboxylic acids is 3. The van der Waals surface area contributed by atoms with Gasteiger partial charge in [0.05, 0.1) is 24.0 Å². The fourth-order valence-corrected chi connectivity index (χ4v) is 6.31. The highest BCUT2D eigenvalue weighted by Gasteiger charge is 2.38. The monoisotopic (exact) mass is 818 g/mol. The maximum absolute atomic E-state index is 13.8. The van der Waals surface area contributed by atoms with Crippen LogP contribution in [0.5, 0.6) is 0 Å². The Morgan fingerprint density at radius 1 is 0.911 bits per heavy atom. The van der Waals surface area contributed by atoms with Crippen molar-refractivity contribution < 1.29 is 45.9 Å². The smallest absolute Gasteiger partial charge is 0.475 e. The van der Waals surface area contributed by atoms with Gasteiger partial charge >= 0.3 is 12.1 Å². The number of nitrogens with zero attached hydrogens (tertiary/aromatic N) is 1. The number of nitrogen functional groups attached to an aromatic ring is 1. The molecule has 0 saturated carbocycles. The van der Waals surface area contributed by atoms with Crippen LogP contribution in [0, 0.1) is 0 Å². The van der Waals surface area contributed by atoms with Crippen LogP contribution in [0.1, 0.15) is 63.7 Å². The molecular formula is C38H45F3N6O7S2. The van der Waals surface area contributed by atoms with Gasteiger partial charge in [-0.05, 0) is 83.6 Å². The summed E-state index contributed by atoms with van der Waals surface area (Å²) in [4.78, 5) is 49.2. The normalized spacial score (nSPS) is 12.9. The Morgan fingerprint density at radius 2 is 1.50 bits per heavy atom. The Balaban J connectivity index is 0.00000109. The van der Waals surface area contributed by atoms with E-state index in [9.17, 15) is 36.0 Å². The van der Waals surface area contributed by atoms with Gasteiger partial charge in [-0.2, -0.15) is 24.5 Å². The molecule has 0 radical (unpaired) electrons. The number of sulfonamides is 1. The summed E-state index contributed by atoms with van der Waals surface area (Å²) in [5.74, 6) is -3.87. The van der Waals surface area contributed by atoms with E-state index in [1.54, 1.807) is 12.1 Å². The zero-order valence-corrected chi connectivity index (χ0v) is 32.7. The summed E-state index contributed by atoms with van der Waals surface area (Å²) in [5.41, 5.74) is 9.67. The number of thiophene rings is 1. The Hall–Kier alpha value is -5.46. The van der Waals surface area contributed by atoms with Crippen molar-refractivity contribution in [3.8, 4) is 0 Å². The van der Waals surface area contributed by atoms with Gasteiger partial charge in [0.2, 0.25) is 15.9 Å². The van der Waals surface area contributed by atoms with Crippen molar-refractivity contribution >= 4 is 56.4 Å². The first-order chi connectivity index (χ1) is 26.3. The lowest BCUT2D eigenvalue weighted by Crippen LogP contribution is -2.50. The fraction of sp³-hybridized carbons (Fsp3) is 0.316. The number of carboxylic acid groups (broad SMARTS) is 1. The molecule has 4 rings (SSSR count). The minimum Gasteiger partial charge on any atom is -0.475 e. The van der Waals surface area contributed by atoms with Crippen LogP contribution < -0.4 is 31.3 Å². The van der Waals surface area contributed by atoms with Gasteiger partial charge in [0.1, 0.15) is 0 Å². The number of nitrogens with two attached hydrogens (primary N) is 1. The van der Waals surface area contributed by atoms with Crippen molar-refractivity contribution in [1.82, 2.24) is 21.3 Å². The highest BCUT2D eigenvalue weighted by Crippen LogP contribution is 2.22. The molecule has 0 spiro atoms. The number of hydrogen-bond acceptors (Lipinski definition) is 9. The topological polar surface area (TPSA) is 200 Å². The van der Waals surface area contributed by atoms with Crippen LogP contribution in [0.3, 0.4) is 0 Å². The van der Waals surface area contributed by atoms with E-state index in [1.807, 2.05) is 73.1 Å². The molecule has 7 N–H and O–H groups in total. The SMILES string of the molecule is CC[C@H](NC[C@H](Cc1ccsc1)NC(=O)c1cc(C(=O)N[C@H](C)c2ccccc2)cc(N(C)S(C)(=O)=O)c1)C(=O)NCc1ccc(N)cc1.O=C(O)C(F)(F)F. The lowest BCUT2D eigenvalue weighted by atomic mass is 10.0. The van der Waals surface area contributed by atoms with Gasteiger partial charge in [-0.3, -0.25) is 18.7 Å². The first-order valence-electron chi connectivity index (χ1n) is 17.2. The van der Waals surface area contributed by atoms with E-state index in [4.69, 9.17) is 15.6 Å². The van der Waals surface area contributed by atoms with Gasteiger partial charge in [-0.25, -0.2) is 13.2 Å². The van der Waals surface area contributed by atoms with Crippen LogP contribution in [0.4, 0.5) is 24.5 Å². The maximum atomic E-state index is 13.8. The number of halogens is 3. The first kappa shape index (κ1) is 44.9. The van der Waals surface area contributed by atoms with E-state index < -0.39 is 46.1 Å². The maximum Gasteiger partial charge on any atom is 0.490 e. The van der Waals surface area contributed by atoms with Gasteiger partial charge in [-0.15, -0.1) is 0 Å². The second-order valence-electron chi connectivity index (χ2n) is 12.7. The fourth-order valence-electron chi connectivity index (χ4n) is 5.14. The molecule has 4 aromatic rings. The van der Waals surface area contributed by atoms with Crippen molar-refractivity contribution in [2.45, 2.75) is 57.5 Å². The molecule has 18 heteroatoms. The summed E-state index contributed by atoms with van der Waals surface area (Å²) in [6.45, 7) is 4.38. The average molecular weight is 819 g/mol. The molecule has 3 atom stereocenters. The number of rotatable bonds is 16. The van der Waals surface area contributed by atoms with E-state index in [0.717, 1.165) is 27.3 Å². The molecule has 0 bridgehead atoms. The molecule has 1 aromatic heterocycles. The highest BCUT2D eigenvalue weighted by molar-refractivity contribution is 7.92. The van der Waals surface area contributed by atoms with Crippen molar-refractivity contribution in [3.63, 3.8) is 0 Å². The molecule has 13 nitrogen and oxygen atoms in total. The Kier molecular flexibility index (Phi) is 16.4. The van der Waals surface area contributed by atoms with E-state index in [0.29, 0.717) is 25.1 Å². The standard InChI is InChI=1S/C36H44N6O5S2.C2HF3O2/c1-5-33(36(45)39-21-25-11-13-30(37)14-12-25)38-22-31(17-26-15-16-48-23-26)41-35(44)29-18-28(19-32(20-29)42(3)49(4,46)47)34(43)40-24(2)27-9-7-6-8-10-27;3-2(4,5)1(6)7/h6-16,18-20,23-24,31,33,38H,5,17,21-22,37H2,1-4H3,(H,39,45)(H,40,43)(H,41,44);(H,6,7)/t24-,31+,33+;/m1./s1. The molecular weight excluding hydrogens is 774 g/mol. The minimum atomic E-state index is -5.08. The van der Waals surface area contributed by atoms with Gasteiger partial charge in [0.25, 0.3) is 11.8 Å². The van der Waals surface area contributed by atoms with Gasteiger partial charge in [0.15, 0.2) is 0 Å². The third-order valence-electron chi connectivity index (χ3n) is 8.37. The molecule has 56 heavy (non-hydrogen) atoms. The number of carboxylic acids is 1. The summed E-state index contributed by atoms with van der Waals surface area (Å²) < 4.78 is 57.7. The summed E-state index contributed by atoms with van der Waals surface area (Å²) >= 11 is 1.54. The lowest BCUT2D eigenvalue weighted by molar-refractivity contribution is -0.192. The van der Waals surface area contributed by atoms with E-state index in [1.165, 1.54) is 36.6 Å². The summed E-state index contributed by atoms with van der Waals surface area (Å²) in [6, 6.07) is 21.7. The van der Waals surface area contributed by atoms with Crippen LogP contribution in [0.25, 0.3) is 0 Å². The van der Waals surface area contributed by atoms with Gasteiger partial charge < -0.3 is 32.1 Å². The van der Waals surface area contributed by atoms with Gasteiger partial charge in [-0.1, -0.05) is 49.4 Å². The molecule has 0 aliphatic carbocycles. The zero-order valence-electron chi connectivity index (χ0n) is 31.1. The average Bonchev–Trinajstić information content (AvgIpc) is 3.67. The number of amides is 3. The van der Waals surface area contributed by atoms with Crippen molar-refractivity contribution in [3.05, 3.63) is 117 Å². The molecule has 1 heterocycles. The van der Waals surface area contributed by atoms with Crippen molar-refractivity contribution in [1.29, 1.82) is 0 Å². The summed E-state index contributed by atoms with van der Waals surface area (Å²) in [5, 5.41) is 23.3. The number of anilines is 2. The molecule has 0 unspecified atom stereocenters. The molecule has 0 saturated heterocycles. The Bertz CT molecular complexity index is 2030. The molecule has 3 aromatic carbocycles. The number of carbonyl (C=O) groups is 4. The summed E-state index contributed by atoms with van der Waals surface area (Å²) in [6.07, 6.45) is -3.03. The Morgan fingerprint density at radius 3 is 2.02 bits per heavy atom. The van der Waals surface area contributed by atoms with Crippen molar-refractivity contribution in [2.24, 2.45) is 0 Å². The highest BCUT2D eigenvalue weighted by atomic mass is 32.2. The second kappa shape index (κ2) is 20.5. The molecule has 3 amide bonds. The van der Waals surface area contributed by atoms with Crippen LogP contribution in [0.15, 0.2) is 89.6 Å². The molecule has 0 fully saturated rings. The zero-order chi connectivity index (χ0) is 41.6. The molecule has 302 valence electrons. The van der Waals surface area contributed by atoms with E-state index in [-0.39, 0.29) is 35.3 Å². The van der Waals surface area contributed by atoms with Crippen LogP contribution in [0.2, 0.25) is 0 Å². The van der Waals surface area contributed by atoms with Crippen LogP contribution in [-0.2, 0) is 32.6 Å². The first-order valence-corrected chi connectivity index (χ1v) is 20.0. The quantitative estimate of drug-likeness (QED) is 0.0854. The number of hydrogen-bond donors (Lipinski definition) is 6. The Labute approximate surface area is 327 Å². The predicted molar refractivity (Wildman–Crippen MR) is 210 cm³/mol. The third kappa shape index (κ3) is 14.3. The molecule has 0 aliphatic heterocycles. The lowest BCUT2D eigenvalue weighted by Gasteiger charge is -2.24. The number of nitrogens with one attached hydrogen (secondary N) is 4. The van der Waals surface area contributed by atoms with E-state index >= 15 is 0 Å². The van der Waals surface area contributed by atoms with E-state index in [2.05, 4.69) is 21.3 Å². The second-order valence-corrected chi connectivity index (χ2v) is 15.5. The third-order valence-corrected chi connectivity index (χ3v) is 10.3. The largest absolute Gasteiger partial charge is 0.490 e. The number of alkyl halides is 3. The van der Waals surface area contributed by atoms with Gasteiger partial charge in [0, 0.05) is 43.0 Å². The number of aliphatic carboxylic acids is 1. The van der Waals surface area contributed by atoms with Crippen molar-refractivity contribution in [2.75, 3.05) is 29.9 Å². The summed E-state index contributed by atoms with van der Waals surface area (Å²) in [7, 11) is -2.33.